The van der Waals surface area contributed by atoms with Crippen LogP contribution in [-0.2, 0) is 14.8 Å². The zero-order valence-corrected chi connectivity index (χ0v) is 11.2. The second-order valence-corrected chi connectivity index (χ2v) is 6.19. The molecule has 1 aliphatic heterocycles. The first-order chi connectivity index (χ1) is 8.50. The smallest absolute Gasteiger partial charge is 0.240 e. The molecule has 1 aromatic rings. The van der Waals surface area contributed by atoms with Crippen molar-refractivity contribution in [3.05, 3.63) is 23.8 Å². The van der Waals surface area contributed by atoms with E-state index in [9.17, 15) is 8.42 Å². The quantitative estimate of drug-likeness (QED) is 0.801. The molecule has 0 aromatic heterocycles. The van der Waals surface area contributed by atoms with Crippen LogP contribution in [0.15, 0.2) is 23.1 Å². The van der Waals surface area contributed by atoms with E-state index in [1.807, 2.05) is 0 Å². The maximum atomic E-state index is 12.1. The van der Waals surface area contributed by atoms with Gasteiger partial charge in [0.05, 0.1) is 11.0 Å². The molecule has 2 rings (SSSR count). The Morgan fingerprint density at radius 2 is 2.28 bits per heavy atom. The fourth-order valence-corrected chi connectivity index (χ4v) is 3.35. The van der Waals surface area contributed by atoms with Gasteiger partial charge in [0.1, 0.15) is 0 Å². The fourth-order valence-electron chi connectivity index (χ4n) is 2.01. The van der Waals surface area contributed by atoms with E-state index in [0.717, 1.165) is 12.8 Å². The van der Waals surface area contributed by atoms with E-state index in [-0.39, 0.29) is 11.0 Å². The van der Waals surface area contributed by atoms with Gasteiger partial charge in [-0.3, -0.25) is 0 Å². The molecule has 5 nitrogen and oxygen atoms in total. The summed E-state index contributed by atoms with van der Waals surface area (Å²) in [5.41, 5.74) is 6.78. The van der Waals surface area contributed by atoms with Crippen molar-refractivity contribution >= 4 is 15.7 Å². The number of rotatable bonds is 4. The molecule has 0 radical (unpaired) electrons. The number of nitrogen functional groups attached to an aromatic ring is 1. The zero-order valence-electron chi connectivity index (χ0n) is 10.3. The first-order valence-electron chi connectivity index (χ1n) is 5.97. The third-order valence-electron chi connectivity index (χ3n) is 3.14. The van der Waals surface area contributed by atoms with Crippen LogP contribution in [0.4, 0.5) is 5.69 Å². The molecule has 0 bridgehead atoms. The van der Waals surface area contributed by atoms with Gasteiger partial charge in [0.15, 0.2) is 0 Å². The lowest BCUT2D eigenvalue weighted by Gasteiger charge is -2.13. The van der Waals surface area contributed by atoms with Crippen LogP contribution < -0.4 is 10.5 Å². The molecule has 1 saturated heterocycles. The molecule has 1 atom stereocenters. The van der Waals surface area contributed by atoms with E-state index in [0.29, 0.717) is 24.4 Å². The van der Waals surface area contributed by atoms with Crippen LogP contribution in [0, 0.1) is 6.92 Å². The van der Waals surface area contributed by atoms with Crippen LogP contribution in [0.25, 0.3) is 0 Å². The van der Waals surface area contributed by atoms with Crippen molar-refractivity contribution in [1.29, 1.82) is 0 Å². The molecular formula is C12H18N2O3S. The number of sulfonamides is 1. The molecule has 0 amide bonds. The van der Waals surface area contributed by atoms with Crippen molar-refractivity contribution in [2.75, 3.05) is 18.9 Å². The second-order valence-electron chi connectivity index (χ2n) is 4.46. The molecule has 100 valence electrons. The minimum absolute atomic E-state index is 0.0128. The molecule has 0 spiro atoms. The van der Waals surface area contributed by atoms with Crippen molar-refractivity contribution in [2.45, 2.75) is 30.8 Å². The molecule has 3 N–H and O–H groups in total. The lowest BCUT2D eigenvalue weighted by atomic mass is 10.2. The van der Waals surface area contributed by atoms with Gasteiger partial charge in [-0.15, -0.1) is 0 Å². The summed E-state index contributed by atoms with van der Waals surface area (Å²) in [6.07, 6.45) is 1.88. The fraction of sp³-hybridized carbons (Fsp3) is 0.500. The minimum Gasteiger partial charge on any atom is -0.398 e. The lowest BCUT2D eigenvalue weighted by molar-refractivity contribution is 0.114. The van der Waals surface area contributed by atoms with Gasteiger partial charge in [-0.1, -0.05) is 6.07 Å². The van der Waals surface area contributed by atoms with E-state index in [2.05, 4.69) is 4.72 Å². The zero-order chi connectivity index (χ0) is 13.2. The van der Waals surface area contributed by atoms with Crippen LogP contribution >= 0.6 is 0 Å². The number of ether oxygens (including phenoxy) is 1. The van der Waals surface area contributed by atoms with Gasteiger partial charge in [0.25, 0.3) is 0 Å². The first-order valence-corrected chi connectivity index (χ1v) is 7.45. The predicted octanol–water partition coefficient (Wildman–Crippen LogP) is 1.03. The number of anilines is 1. The van der Waals surface area contributed by atoms with E-state index in [4.69, 9.17) is 10.5 Å². The Morgan fingerprint density at radius 1 is 1.50 bits per heavy atom. The standard InChI is InChI=1S/C12H18N2O3S/c1-9-11(13)5-2-6-12(9)18(15,16)14-8-10-4-3-7-17-10/h2,5-6,10,14H,3-4,7-8,13H2,1H3. The third-order valence-corrected chi connectivity index (χ3v) is 4.71. The van der Waals surface area contributed by atoms with Crippen molar-refractivity contribution in [3.8, 4) is 0 Å². The molecule has 1 unspecified atom stereocenters. The number of benzene rings is 1. The molecule has 18 heavy (non-hydrogen) atoms. The van der Waals surface area contributed by atoms with Crippen molar-refractivity contribution in [2.24, 2.45) is 0 Å². The molecular weight excluding hydrogens is 252 g/mol. The average molecular weight is 270 g/mol. The molecule has 6 heteroatoms. The summed E-state index contributed by atoms with van der Waals surface area (Å²) in [4.78, 5) is 0.237. The number of nitrogens with one attached hydrogen (secondary N) is 1. The SMILES string of the molecule is Cc1c(N)cccc1S(=O)(=O)NCC1CCCO1. The summed E-state index contributed by atoms with van der Waals surface area (Å²) in [6, 6.07) is 4.89. The molecule has 1 aliphatic rings. The Morgan fingerprint density at radius 3 is 2.94 bits per heavy atom. The van der Waals surface area contributed by atoms with Crippen LogP contribution in [0.5, 0.6) is 0 Å². The maximum Gasteiger partial charge on any atom is 0.240 e. The molecule has 1 heterocycles. The Kier molecular flexibility index (Phi) is 3.89. The van der Waals surface area contributed by atoms with Crippen molar-refractivity contribution < 1.29 is 13.2 Å². The molecule has 0 saturated carbocycles. The molecule has 1 fully saturated rings. The summed E-state index contributed by atoms with van der Waals surface area (Å²) < 4.78 is 32.2. The Balaban J connectivity index is 2.12. The molecule has 0 aliphatic carbocycles. The van der Waals surface area contributed by atoms with Crippen LogP contribution in [0.2, 0.25) is 0 Å². The summed E-state index contributed by atoms with van der Waals surface area (Å²) in [5.74, 6) is 0. The van der Waals surface area contributed by atoms with E-state index in [1.165, 1.54) is 0 Å². The summed E-state index contributed by atoms with van der Waals surface area (Å²) >= 11 is 0. The van der Waals surface area contributed by atoms with Gasteiger partial charge in [-0.25, -0.2) is 13.1 Å². The lowest BCUT2D eigenvalue weighted by Crippen LogP contribution is -2.32. The second kappa shape index (κ2) is 5.26. The van der Waals surface area contributed by atoms with Crippen LogP contribution in [-0.4, -0.2) is 27.7 Å². The Labute approximate surface area is 107 Å². The molecule has 1 aromatic carbocycles. The first kappa shape index (κ1) is 13.3. The van der Waals surface area contributed by atoms with Gasteiger partial charge in [0.2, 0.25) is 10.0 Å². The average Bonchev–Trinajstić information content (AvgIpc) is 2.83. The highest BCUT2D eigenvalue weighted by Crippen LogP contribution is 2.20. The van der Waals surface area contributed by atoms with Crippen LogP contribution in [0.3, 0.4) is 0 Å². The summed E-state index contributed by atoms with van der Waals surface area (Å²) in [7, 11) is -3.51. The topological polar surface area (TPSA) is 81.4 Å². The summed E-state index contributed by atoms with van der Waals surface area (Å²) in [6.45, 7) is 2.73. The van der Waals surface area contributed by atoms with E-state index < -0.39 is 10.0 Å². The maximum absolute atomic E-state index is 12.1. The highest BCUT2D eigenvalue weighted by molar-refractivity contribution is 7.89. The van der Waals surface area contributed by atoms with E-state index >= 15 is 0 Å². The van der Waals surface area contributed by atoms with Crippen molar-refractivity contribution in [3.63, 3.8) is 0 Å². The van der Waals surface area contributed by atoms with Crippen LogP contribution in [0.1, 0.15) is 18.4 Å². The highest BCUT2D eigenvalue weighted by Gasteiger charge is 2.21. The predicted molar refractivity (Wildman–Crippen MR) is 69.8 cm³/mol. The van der Waals surface area contributed by atoms with Gasteiger partial charge >= 0.3 is 0 Å². The number of nitrogens with two attached hydrogens (primary N) is 1. The van der Waals surface area contributed by atoms with E-state index in [1.54, 1.807) is 25.1 Å². The van der Waals surface area contributed by atoms with Gasteiger partial charge < -0.3 is 10.5 Å². The minimum atomic E-state index is -3.51. The Bertz CT molecular complexity index is 522. The van der Waals surface area contributed by atoms with Gasteiger partial charge in [-0.05, 0) is 37.5 Å². The summed E-state index contributed by atoms with van der Waals surface area (Å²) in [5, 5.41) is 0. The number of hydrogen-bond acceptors (Lipinski definition) is 4. The van der Waals surface area contributed by atoms with Gasteiger partial charge in [0, 0.05) is 18.8 Å². The number of hydrogen-bond donors (Lipinski definition) is 2. The normalized spacial score (nSPS) is 20.2. The Hall–Kier alpha value is -1.11. The van der Waals surface area contributed by atoms with Gasteiger partial charge in [-0.2, -0.15) is 0 Å². The monoisotopic (exact) mass is 270 g/mol. The van der Waals surface area contributed by atoms with Crippen molar-refractivity contribution in [1.82, 2.24) is 4.72 Å². The largest absolute Gasteiger partial charge is 0.398 e. The third kappa shape index (κ3) is 2.82. The highest BCUT2D eigenvalue weighted by atomic mass is 32.2.